The Morgan fingerprint density at radius 1 is 1.00 bits per heavy atom. The Bertz CT molecular complexity index is 34.3. The number of thiol groups is 4. The summed E-state index contributed by atoms with van der Waals surface area (Å²) in [5.74, 6) is 0. The van der Waals surface area contributed by atoms with Crippen LogP contribution in [-0.4, -0.2) is 16.4 Å². The van der Waals surface area contributed by atoms with E-state index in [0.717, 1.165) is 0 Å². The van der Waals surface area contributed by atoms with Crippen LogP contribution < -0.4 is 0 Å². The van der Waals surface area contributed by atoms with Gasteiger partial charge in [0.15, 0.2) is 0 Å². The van der Waals surface area contributed by atoms with Gasteiger partial charge in [-0.2, -0.15) is 0 Å². The lowest BCUT2D eigenvalue weighted by Crippen LogP contribution is -1.81. The topological polar surface area (TPSA) is 57.5 Å². The highest BCUT2D eigenvalue weighted by atomic mass is 33.1. The largest absolute Gasteiger partial charge is 0.503 e. The van der Waals surface area contributed by atoms with E-state index in [1.54, 1.807) is 0 Å². The number of rotatable bonds is 0. The first kappa shape index (κ1) is 15.9. The summed E-state index contributed by atoms with van der Waals surface area (Å²) in [6.45, 7) is 0. The van der Waals surface area contributed by atoms with Crippen LogP contribution in [0.2, 0.25) is 0 Å². The number of carboxylic acid groups (broad SMARTS) is 2. The highest BCUT2D eigenvalue weighted by Crippen LogP contribution is 1.65. The summed E-state index contributed by atoms with van der Waals surface area (Å²) in [6, 6.07) is 0. The molecule has 0 atom stereocenters. The van der Waals surface area contributed by atoms with E-state index in [4.69, 9.17) is 15.0 Å². The fourth-order valence-electron chi connectivity index (χ4n) is 0. The van der Waals surface area contributed by atoms with Gasteiger partial charge in [0.25, 0.3) is 0 Å². The molecule has 0 saturated heterocycles. The molecular weight excluding hydrogens is 188 g/mol. The summed E-state index contributed by atoms with van der Waals surface area (Å²) in [5.41, 5.74) is 0. The van der Waals surface area contributed by atoms with E-state index in [-0.39, 0.29) is 0 Å². The van der Waals surface area contributed by atoms with Crippen LogP contribution in [0.3, 0.4) is 0 Å². The fourth-order valence-corrected chi connectivity index (χ4v) is 0. The lowest BCUT2D eigenvalue weighted by molar-refractivity contribution is 0.137. The van der Waals surface area contributed by atoms with E-state index in [1.165, 1.54) is 0 Å². The molecule has 0 aromatic carbocycles. The van der Waals surface area contributed by atoms with Crippen LogP contribution in [0.1, 0.15) is 0 Å². The minimum atomic E-state index is -1.83. The van der Waals surface area contributed by atoms with E-state index >= 15 is 0 Å². The van der Waals surface area contributed by atoms with Crippen molar-refractivity contribution in [3.8, 4) is 0 Å². The predicted molar refractivity (Wildman–Crippen MR) is 46.6 cm³/mol. The normalized spacial score (nSPS) is 4.50. The predicted octanol–water partition coefficient (Wildman–Crippen LogP) is 1.74. The van der Waals surface area contributed by atoms with Crippen molar-refractivity contribution in [2.75, 3.05) is 0 Å². The Balaban J connectivity index is -0.0000000542. The number of hydrogen-bond acceptors (Lipinski definition) is 5. The SMILES string of the molecule is O=C(O)O.SS.SS. The van der Waals surface area contributed by atoms with E-state index < -0.39 is 6.16 Å². The molecule has 3 nitrogen and oxygen atoms in total. The Labute approximate surface area is 67.9 Å². The van der Waals surface area contributed by atoms with Crippen molar-refractivity contribution in [2.45, 2.75) is 0 Å². The summed E-state index contributed by atoms with van der Waals surface area (Å²) in [7, 11) is 0. The monoisotopic (exact) mass is 194 g/mol. The number of hydrogen-bond donors (Lipinski definition) is 6. The molecule has 7 heteroatoms. The average molecular weight is 194 g/mol. The molecule has 0 rings (SSSR count). The number of carbonyl (C=O) groups is 1. The van der Waals surface area contributed by atoms with E-state index in [2.05, 4.69) is 46.6 Å². The van der Waals surface area contributed by atoms with Crippen molar-refractivity contribution < 1.29 is 15.0 Å². The minimum absolute atomic E-state index is 1.83. The van der Waals surface area contributed by atoms with Gasteiger partial charge in [0.1, 0.15) is 0 Å². The second kappa shape index (κ2) is 25.3. The first-order chi connectivity index (χ1) is 3.73. The molecule has 0 spiro atoms. The summed E-state index contributed by atoms with van der Waals surface area (Å²) < 4.78 is 0. The lowest BCUT2D eigenvalue weighted by atomic mass is 11.5. The van der Waals surface area contributed by atoms with E-state index in [9.17, 15) is 0 Å². The Kier molecular flexibility index (Phi) is 50.2. The first-order valence-electron chi connectivity index (χ1n) is 1.05. The smallest absolute Gasteiger partial charge is 0.450 e. The maximum atomic E-state index is 8.56. The van der Waals surface area contributed by atoms with Gasteiger partial charge in [-0.25, -0.2) is 4.79 Å². The summed E-state index contributed by atoms with van der Waals surface area (Å²) in [5, 5.41) is 13.9. The van der Waals surface area contributed by atoms with Crippen molar-refractivity contribution >= 4 is 52.8 Å². The molecule has 0 aromatic heterocycles. The Morgan fingerprint density at radius 3 is 1.00 bits per heavy atom. The maximum absolute atomic E-state index is 8.56. The molecule has 0 aromatic rings. The molecule has 0 fully saturated rings. The second-order valence-electron chi connectivity index (χ2n) is 0.283. The van der Waals surface area contributed by atoms with Gasteiger partial charge in [-0.05, 0) is 0 Å². The molecule has 0 aliphatic rings. The van der Waals surface area contributed by atoms with Crippen molar-refractivity contribution in [3.05, 3.63) is 0 Å². The van der Waals surface area contributed by atoms with Crippen LogP contribution in [0.4, 0.5) is 4.79 Å². The summed E-state index contributed by atoms with van der Waals surface area (Å²) in [4.78, 5) is 8.56. The zero-order valence-electron chi connectivity index (χ0n) is 3.59. The third kappa shape index (κ3) is 478. The molecular formula is CH6O3S4. The van der Waals surface area contributed by atoms with Crippen LogP contribution >= 0.6 is 46.6 Å². The van der Waals surface area contributed by atoms with Gasteiger partial charge in [0, 0.05) is 0 Å². The molecule has 0 bridgehead atoms. The third-order valence-corrected chi connectivity index (χ3v) is 0. The van der Waals surface area contributed by atoms with Crippen LogP contribution in [0.5, 0.6) is 0 Å². The van der Waals surface area contributed by atoms with Gasteiger partial charge in [-0.1, -0.05) is 0 Å². The van der Waals surface area contributed by atoms with Gasteiger partial charge in [0.2, 0.25) is 0 Å². The van der Waals surface area contributed by atoms with Crippen molar-refractivity contribution in [1.82, 2.24) is 0 Å². The quantitative estimate of drug-likeness (QED) is 0.263. The van der Waals surface area contributed by atoms with Crippen LogP contribution in [0.15, 0.2) is 0 Å². The Hall–Kier alpha value is 0.670. The van der Waals surface area contributed by atoms with Crippen LogP contribution in [0.25, 0.3) is 0 Å². The van der Waals surface area contributed by atoms with E-state index in [1.807, 2.05) is 0 Å². The first-order valence-corrected chi connectivity index (χ1v) is 4.25. The molecule has 0 aliphatic carbocycles. The molecule has 0 radical (unpaired) electrons. The van der Waals surface area contributed by atoms with Crippen LogP contribution in [-0.2, 0) is 0 Å². The van der Waals surface area contributed by atoms with Crippen molar-refractivity contribution in [2.24, 2.45) is 0 Å². The highest BCUT2D eigenvalue weighted by Gasteiger charge is 1.70. The van der Waals surface area contributed by atoms with Gasteiger partial charge in [0.05, 0.1) is 0 Å². The van der Waals surface area contributed by atoms with Gasteiger partial charge in [-0.3, -0.25) is 0 Å². The summed E-state index contributed by atoms with van der Waals surface area (Å²) >= 11 is 12.9. The summed E-state index contributed by atoms with van der Waals surface area (Å²) in [6.07, 6.45) is -1.83. The standard InChI is InChI=1S/CH2O3.2H2S2/c2-1(3)4;2*1-2/h(H2,2,3,4);2*1-2H. The molecule has 0 saturated carbocycles. The maximum Gasteiger partial charge on any atom is 0.503 e. The van der Waals surface area contributed by atoms with Gasteiger partial charge >= 0.3 is 6.16 Å². The third-order valence-electron chi connectivity index (χ3n) is 0. The average Bonchev–Trinajstić information content (AvgIpc) is 1.75. The van der Waals surface area contributed by atoms with Gasteiger partial charge in [-0.15, -0.1) is 46.6 Å². The molecule has 0 heterocycles. The zero-order valence-corrected chi connectivity index (χ0v) is 7.17. The lowest BCUT2D eigenvalue weighted by Gasteiger charge is -1.60. The Morgan fingerprint density at radius 2 is 1.00 bits per heavy atom. The molecule has 0 aliphatic heterocycles. The van der Waals surface area contributed by atoms with E-state index in [0.29, 0.717) is 0 Å². The molecule has 8 heavy (non-hydrogen) atoms. The van der Waals surface area contributed by atoms with Crippen molar-refractivity contribution in [1.29, 1.82) is 0 Å². The molecule has 0 amide bonds. The van der Waals surface area contributed by atoms with Gasteiger partial charge < -0.3 is 10.2 Å². The fraction of sp³-hybridized carbons (Fsp3) is 0. The zero-order chi connectivity index (χ0) is 7.58. The van der Waals surface area contributed by atoms with Crippen molar-refractivity contribution in [3.63, 3.8) is 0 Å². The highest BCUT2D eigenvalue weighted by molar-refractivity contribution is 8.59. The molecule has 0 unspecified atom stereocenters. The van der Waals surface area contributed by atoms with Crippen LogP contribution in [0, 0.1) is 0 Å². The second-order valence-corrected chi connectivity index (χ2v) is 0.283. The minimum Gasteiger partial charge on any atom is -0.450 e. The molecule has 52 valence electrons. The molecule has 2 N–H and O–H groups in total.